The maximum atomic E-state index is 12.6. The molecule has 0 saturated carbocycles. The molecule has 0 radical (unpaired) electrons. The molecule has 27 heavy (non-hydrogen) atoms. The number of halogens is 3. The predicted octanol–water partition coefficient (Wildman–Crippen LogP) is 3.79. The Hall–Kier alpha value is -2.63. The van der Waals surface area contributed by atoms with Crippen LogP contribution in [0.25, 0.3) is 0 Å². The number of benzene rings is 1. The fraction of sp³-hybridized carbons (Fsp3) is 0.400. The van der Waals surface area contributed by atoms with Crippen LogP contribution < -0.4 is 5.32 Å². The molecule has 0 aliphatic heterocycles. The number of hydrogen-bond donors (Lipinski definition) is 1. The zero-order valence-electron chi connectivity index (χ0n) is 14.5. The Kier molecular flexibility index (Phi) is 5.23. The zero-order chi connectivity index (χ0) is 20.6. The minimum absolute atomic E-state index is 0.0811. The molecule has 0 saturated heterocycles. The molecule has 0 atom stereocenters. The van der Waals surface area contributed by atoms with Crippen LogP contribution in [0.2, 0.25) is 0 Å². The molecule has 12 heteroatoms. The number of aromatic nitrogens is 1. The number of sulfone groups is 1. The van der Waals surface area contributed by atoms with Gasteiger partial charge >= 0.3 is 5.51 Å². The lowest BCUT2D eigenvalue weighted by molar-refractivity contribution is -0.384. The Morgan fingerprint density at radius 2 is 1.89 bits per heavy atom. The average Bonchev–Trinajstić information content (AvgIpc) is 3.00. The summed E-state index contributed by atoms with van der Waals surface area (Å²) in [5.74, 6) is 0.793. The smallest absolute Gasteiger partial charge is 0.443 e. The van der Waals surface area contributed by atoms with Gasteiger partial charge in [0.25, 0.3) is 15.5 Å². The molecule has 0 fully saturated rings. The highest BCUT2D eigenvalue weighted by atomic mass is 32.2. The van der Waals surface area contributed by atoms with Crippen molar-refractivity contribution >= 4 is 21.2 Å². The van der Waals surface area contributed by atoms with Gasteiger partial charge in [0, 0.05) is 11.5 Å². The first-order chi connectivity index (χ1) is 12.2. The molecule has 1 N–H and O–H groups in total. The molecular formula is C15H16F3N3O5S. The Labute approximate surface area is 152 Å². The van der Waals surface area contributed by atoms with Crippen LogP contribution in [0.4, 0.5) is 24.5 Å². The van der Waals surface area contributed by atoms with E-state index < -0.39 is 30.9 Å². The van der Waals surface area contributed by atoms with Gasteiger partial charge in [-0.2, -0.15) is 13.2 Å². The summed E-state index contributed by atoms with van der Waals surface area (Å²) in [5.41, 5.74) is -6.85. The highest BCUT2D eigenvalue weighted by Crippen LogP contribution is 2.35. The minimum atomic E-state index is -5.69. The van der Waals surface area contributed by atoms with E-state index in [2.05, 4.69) is 10.3 Å². The van der Waals surface area contributed by atoms with Crippen LogP contribution in [-0.4, -0.2) is 23.8 Å². The number of nitro groups is 1. The number of alkyl halides is 3. The second-order valence-electron chi connectivity index (χ2n) is 6.61. The number of rotatable bonds is 5. The van der Waals surface area contributed by atoms with E-state index >= 15 is 0 Å². The van der Waals surface area contributed by atoms with E-state index in [0.717, 1.165) is 6.07 Å². The standard InChI is InChI=1S/C15H16F3N3O5S/c1-14(2,3)12-7-20-13(26-12)8-19-10-5-4-9(6-11(10)21(22)23)27(24,25)15(16,17)18/h4-7,19H,8H2,1-3H3. The van der Waals surface area contributed by atoms with Crippen LogP contribution >= 0.6 is 0 Å². The summed E-state index contributed by atoms with van der Waals surface area (Å²) in [6, 6.07) is 1.90. The maximum absolute atomic E-state index is 12.6. The number of anilines is 1. The van der Waals surface area contributed by atoms with E-state index in [1.165, 1.54) is 6.20 Å². The number of nitro benzene ring substituents is 1. The molecule has 0 bridgehead atoms. The van der Waals surface area contributed by atoms with Gasteiger partial charge in [0.1, 0.15) is 11.4 Å². The van der Waals surface area contributed by atoms with Crippen molar-refractivity contribution in [3.63, 3.8) is 0 Å². The lowest BCUT2D eigenvalue weighted by Crippen LogP contribution is -2.23. The number of nitrogens with one attached hydrogen (secondary N) is 1. The summed E-state index contributed by atoms with van der Waals surface area (Å²) in [6.07, 6.45) is 1.50. The summed E-state index contributed by atoms with van der Waals surface area (Å²) in [5, 5.41) is 13.8. The maximum Gasteiger partial charge on any atom is 0.501 e. The van der Waals surface area contributed by atoms with Crippen LogP contribution in [-0.2, 0) is 21.8 Å². The first-order valence-electron chi connectivity index (χ1n) is 7.52. The van der Waals surface area contributed by atoms with Crippen molar-refractivity contribution in [2.75, 3.05) is 5.32 Å². The molecule has 1 aromatic carbocycles. The van der Waals surface area contributed by atoms with Crippen molar-refractivity contribution in [3.8, 4) is 0 Å². The van der Waals surface area contributed by atoms with E-state index in [-0.39, 0.29) is 23.5 Å². The highest BCUT2D eigenvalue weighted by Gasteiger charge is 2.47. The van der Waals surface area contributed by atoms with E-state index in [1.807, 2.05) is 20.8 Å². The lowest BCUT2D eigenvalue weighted by Gasteiger charge is -2.13. The quantitative estimate of drug-likeness (QED) is 0.592. The summed E-state index contributed by atoms with van der Waals surface area (Å²) in [7, 11) is -5.69. The SMILES string of the molecule is CC(C)(C)c1cnc(CNc2ccc(S(=O)(=O)C(F)(F)F)cc2[N+](=O)[O-])o1. The molecule has 148 valence electrons. The zero-order valence-corrected chi connectivity index (χ0v) is 15.3. The fourth-order valence-corrected chi connectivity index (χ4v) is 2.80. The summed E-state index contributed by atoms with van der Waals surface area (Å²) in [6.45, 7) is 5.61. The summed E-state index contributed by atoms with van der Waals surface area (Å²) >= 11 is 0. The normalized spacial score (nSPS) is 12.8. The first kappa shape index (κ1) is 20.7. The van der Waals surface area contributed by atoms with Gasteiger partial charge in [-0.05, 0) is 12.1 Å². The van der Waals surface area contributed by atoms with Crippen LogP contribution in [0, 0.1) is 10.1 Å². The molecule has 0 unspecified atom stereocenters. The Bertz CT molecular complexity index is 962. The predicted molar refractivity (Wildman–Crippen MR) is 88.9 cm³/mol. The van der Waals surface area contributed by atoms with Gasteiger partial charge in [-0.15, -0.1) is 0 Å². The Morgan fingerprint density at radius 3 is 2.37 bits per heavy atom. The number of nitrogens with zero attached hydrogens (tertiary/aromatic N) is 2. The number of oxazole rings is 1. The van der Waals surface area contributed by atoms with Gasteiger partial charge in [0.05, 0.1) is 22.6 Å². The van der Waals surface area contributed by atoms with Crippen molar-refractivity contribution in [2.45, 2.75) is 43.1 Å². The molecule has 0 aliphatic rings. The third-order valence-corrected chi connectivity index (χ3v) is 4.99. The first-order valence-corrected chi connectivity index (χ1v) is 9.00. The van der Waals surface area contributed by atoms with Gasteiger partial charge in [-0.3, -0.25) is 10.1 Å². The second-order valence-corrected chi connectivity index (χ2v) is 8.55. The summed E-state index contributed by atoms with van der Waals surface area (Å²) < 4.78 is 66.2. The second kappa shape index (κ2) is 6.83. The average molecular weight is 407 g/mol. The van der Waals surface area contributed by atoms with Crippen LogP contribution in [0.3, 0.4) is 0 Å². The molecule has 2 rings (SSSR count). The molecule has 0 spiro atoms. The fourth-order valence-electron chi connectivity index (χ4n) is 2.02. The van der Waals surface area contributed by atoms with Gasteiger partial charge in [0.2, 0.25) is 5.89 Å². The van der Waals surface area contributed by atoms with Crippen molar-refractivity contribution in [1.29, 1.82) is 0 Å². The van der Waals surface area contributed by atoms with Crippen LogP contribution in [0.1, 0.15) is 32.4 Å². The van der Waals surface area contributed by atoms with Gasteiger partial charge in [-0.25, -0.2) is 13.4 Å². The van der Waals surface area contributed by atoms with Crippen molar-refractivity contribution in [3.05, 3.63) is 46.2 Å². The number of hydrogen-bond acceptors (Lipinski definition) is 7. The lowest BCUT2D eigenvalue weighted by atomic mass is 9.94. The Balaban J connectivity index is 2.30. The van der Waals surface area contributed by atoms with Gasteiger partial charge in [0.15, 0.2) is 0 Å². The molecule has 0 aliphatic carbocycles. The van der Waals surface area contributed by atoms with Crippen molar-refractivity contribution < 1.29 is 30.9 Å². The third-order valence-electron chi connectivity index (χ3n) is 3.50. The molecule has 1 aromatic heterocycles. The highest BCUT2D eigenvalue weighted by molar-refractivity contribution is 7.92. The van der Waals surface area contributed by atoms with E-state index in [4.69, 9.17) is 4.42 Å². The molecule has 1 heterocycles. The monoisotopic (exact) mass is 407 g/mol. The van der Waals surface area contributed by atoms with Gasteiger partial charge < -0.3 is 9.73 Å². The molecule has 0 amide bonds. The van der Waals surface area contributed by atoms with Crippen LogP contribution in [0.5, 0.6) is 0 Å². The van der Waals surface area contributed by atoms with Crippen molar-refractivity contribution in [2.24, 2.45) is 0 Å². The van der Waals surface area contributed by atoms with E-state index in [0.29, 0.717) is 17.9 Å². The van der Waals surface area contributed by atoms with Crippen LogP contribution in [0.15, 0.2) is 33.7 Å². The molecular weight excluding hydrogens is 391 g/mol. The van der Waals surface area contributed by atoms with E-state index in [9.17, 15) is 31.7 Å². The van der Waals surface area contributed by atoms with E-state index in [1.54, 1.807) is 0 Å². The topological polar surface area (TPSA) is 115 Å². The van der Waals surface area contributed by atoms with Crippen molar-refractivity contribution in [1.82, 2.24) is 4.98 Å². The minimum Gasteiger partial charge on any atom is -0.443 e. The Morgan fingerprint density at radius 1 is 1.26 bits per heavy atom. The largest absolute Gasteiger partial charge is 0.501 e. The summed E-state index contributed by atoms with van der Waals surface area (Å²) in [4.78, 5) is 13.0. The third kappa shape index (κ3) is 4.38. The molecule has 8 nitrogen and oxygen atoms in total. The van der Waals surface area contributed by atoms with Gasteiger partial charge in [-0.1, -0.05) is 20.8 Å². The molecule has 2 aromatic rings.